The first-order chi connectivity index (χ1) is 6.75. The molecule has 2 rings (SSSR count). The van der Waals surface area contributed by atoms with Gasteiger partial charge in [-0.15, -0.1) is 0 Å². The number of hydrogen-bond donors (Lipinski definition) is 1. The molecular weight excluding hydrogens is 194 g/mol. The summed E-state index contributed by atoms with van der Waals surface area (Å²) < 4.78 is 0. The molecule has 1 aromatic rings. The Hall–Kier alpha value is -0.530. The average molecular weight is 210 g/mol. The van der Waals surface area contributed by atoms with Crippen molar-refractivity contribution in [3.05, 3.63) is 34.9 Å². The van der Waals surface area contributed by atoms with E-state index in [9.17, 15) is 0 Å². The molecule has 1 aromatic carbocycles. The zero-order valence-electron chi connectivity index (χ0n) is 8.46. The molecule has 76 valence electrons. The molecule has 0 spiro atoms. The maximum atomic E-state index is 5.96. The van der Waals surface area contributed by atoms with Crippen molar-refractivity contribution in [3.8, 4) is 0 Å². The molecule has 1 aliphatic heterocycles. The van der Waals surface area contributed by atoms with Crippen LogP contribution in [0.5, 0.6) is 0 Å². The van der Waals surface area contributed by atoms with Gasteiger partial charge in [-0.25, -0.2) is 0 Å². The van der Waals surface area contributed by atoms with E-state index in [1.165, 1.54) is 18.4 Å². The van der Waals surface area contributed by atoms with Crippen LogP contribution >= 0.6 is 11.6 Å². The van der Waals surface area contributed by atoms with E-state index in [2.05, 4.69) is 24.4 Å². The first-order valence-corrected chi connectivity index (χ1v) is 5.62. The Morgan fingerprint density at radius 3 is 2.86 bits per heavy atom. The van der Waals surface area contributed by atoms with Gasteiger partial charge in [0.2, 0.25) is 0 Å². The minimum Gasteiger partial charge on any atom is -0.310 e. The smallest absolute Gasteiger partial charge is 0.0409 e. The van der Waals surface area contributed by atoms with Gasteiger partial charge in [-0.2, -0.15) is 0 Å². The van der Waals surface area contributed by atoms with E-state index in [0.717, 1.165) is 17.5 Å². The summed E-state index contributed by atoms with van der Waals surface area (Å²) >= 11 is 5.96. The number of halogens is 1. The molecule has 1 nitrogen and oxygen atoms in total. The Morgan fingerprint density at radius 2 is 2.21 bits per heavy atom. The fourth-order valence-electron chi connectivity index (χ4n) is 2.01. The molecule has 0 amide bonds. The van der Waals surface area contributed by atoms with E-state index >= 15 is 0 Å². The molecular formula is C12H16ClN. The summed E-state index contributed by atoms with van der Waals surface area (Å²) in [6.45, 7) is 3.42. The van der Waals surface area contributed by atoms with Crippen molar-refractivity contribution in [2.24, 2.45) is 5.92 Å². The lowest BCUT2D eigenvalue weighted by Crippen LogP contribution is -2.31. The third kappa shape index (κ3) is 2.28. The van der Waals surface area contributed by atoms with Gasteiger partial charge in [-0.05, 0) is 43.0 Å². The van der Waals surface area contributed by atoms with Crippen molar-refractivity contribution in [3.63, 3.8) is 0 Å². The summed E-state index contributed by atoms with van der Waals surface area (Å²) in [5, 5.41) is 4.39. The maximum Gasteiger partial charge on any atom is 0.0409 e. The van der Waals surface area contributed by atoms with Gasteiger partial charge >= 0.3 is 0 Å². The second-order valence-corrected chi connectivity index (χ2v) is 4.63. The fraction of sp³-hybridized carbons (Fsp3) is 0.500. The molecule has 1 fully saturated rings. The summed E-state index contributed by atoms with van der Waals surface area (Å²) in [5.41, 5.74) is 1.32. The van der Waals surface area contributed by atoms with Gasteiger partial charge in [-0.3, -0.25) is 0 Å². The van der Waals surface area contributed by atoms with Crippen molar-refractivity contribution in [2.75, 3.05) is 6.54 Å². The van der Waals surface area contributed by atoms with Crippen LogP contribution in [0.4, 0.5) is 0 Å². The van der Waals surface area contributed by atoms with Crippen LogP contribution in [0, 0.1) is 5.92 Å². The minimum atomic E-state index is 0.505. The van der Waals surface area contributed by atoms with Crippen LogP contribution in [-0.4, -0.2) is 6.54 Å². The third-order valence-electron chi connectivity index (χ3n) is 2.91. The third-order valence-corrected chi connectivity index (χ3v) is 3.15. The average Bonchev–Trinajstić information content (AvgIpc) is 2.19. The molecule has 1 N–H and O–H groups in total. The molecule has 1 heterocycles. The molecule has 0 aromatic heterocycles. The van der Waals surface area contributed by atoms with Gasteiger partial charge in [0.15, 0.2) is 0 Å². The second-order valence-electron chi connectivity index (χ2n) is 4.20. The molecule has 14 heavy (non-hydrogen) atoms. The summed E-state index contributed by atoms with van der Waals surface area (Å²) in [7, 11) is 0. The molecule has 1 aliphatic rings. The number of hydrogen-bond acceptors (Lipinski definition) is 1. The largest absolute Gasteiger partial charge is 0.310 e. The van der Waals surface area contributed by atoms with E-state index in [1.54, 1.807) is 0 Å². The van der Waals surface area contributed by atoms with Crippen LogP contribution in [-0.2, 0) is 0 Å². The SMILES string of the molecule is C[C@H]1CC[C@H](c2cccc(Cl)c2)NC1. The lowest BCUT2D eigenvalue weighted by Gasteiger charge is -2.28. The molecule has 0 aliphatic carbocycles. The van der Waals surface area contributed by atoms with E-state index in [1.807, 2.05) is 12.1 Å². The second kappa shape index (κ2) is 4.33. The van der Waals surface area contributed by atoms with Crippen LogP contribution in [0.1, 0.15) is 31.4 Å². The van der Waals surface area contributed by atoms with Crippen molar-refractivity contribution in [1.29, 1.82) is 0 Å². The van der Waals surface area contributed by atoms with Crippen LogP contribution in [0.3, 0.4) is 0 Å². The van der Waals surface area contributed by atoms with E-state index in [0.29, 0.717) is 6.04 Å². The zero-order valence-corrected chi connectivity index (χ0v) is 9.22. The molecule has 0 bridgehead atoms. The highest BCUT2D eigenvalue weighted by Crippen LogP contribution is 2.26. The van der Waals surface area contributed by atoms with Gasteiger partial charge in [0.05, 0.1) is 0 Å². The Bertz CT molecular complexity index is 303. The summed E-state index contributed by atoms with van der Waals surface area (Å²) in [4.78, 5) is 0. The first kappa shape index (κ1) is 10.0. The molecule has 0 saturated carbocycles. The van der Waals surface area contributed by atoms with Gasteiger partial charge in [-0.1, -0.05) is 30.7 Å². The van der Waals surface area contributed by atoms with Gasteiger partial charge in [0, 0.05) is 11.1 Å². The standard InChI is InChI=1S/C12H16ClN/c1-9-5-6-12(14-8-9)10-3-2-4-11(13)7-10/h2-4,7,9,12,14H,5-6,8H2,1H3/t9-,12+/m0/s1. The van der Waals surface area contributed by atoms with Gasteiger partial charge < -0.3 is 5.32 Å². The van der Waals surface area contributed by atoms with E-state index in [4.69, 9.17) is 11.6 Å². The molecule has 1 saturated heterocycles. The summed E-state index contributed by atoms with van der Waals surface area (Å²) in [6.07, 6.45) is 2.53. The van der Waals surface area contributed by atoms with Crippen molar-refractivity contribution >= 4 is 11.6 Å². The highest BCUT2D eigenvalue weighted by Gasteiger charge is 2.18. The Morgan fingerprint density at radius 1 is 1.36 bits per heavy atom. The topological polar surface area (TPSA) is 12.0 Å². The molecule has 2 heteroatoms. The normalized spacial score (nSPS) is 27.6. The number of benzene rings is 1. The fourth-order valence-corrected chi connectivity index (χ4v) is 2.21. The number of piperidine rings is 1. The van der Waals surface area contributed by atoms with E-state index < -0.39 is 0 Å². The molecule has 0 radical (unpaired) electrons. The highest BCUT2D eigenvalue weighted by atomic mass is 35.5. The van der Waals surface area contributed by atoms with E-state index in [-0.39, 0.29) is 0 Å². The Balaban J connectivity index is 2.08. The van der Waals surface area contributed by atoms with Crippen molar-refractivity contribution < 1.29 is 0 Å². The summed E-state index contributed by atoms with van der Waals surface area (Å²) in [5.74, 6) is 0.811. The highest BCUT2D eigenvalue weighted by molar-refractivity contribution is 6.30. The van der Waals surface area contributed by atoms with Gasteiger partial charge in [0.25, 0.3) is 0 Å². The molecule has 2 atom stereocenters. The van der Waals surface area contributed by atoms with Crippen LogP contribution in [0.2, 0.25) is 5.02 Å². The number of rotatable bonds is 1. The van der Waals surface area contributed by atoms with Crippen LogP contribution in [0.25, 0.3) is 0 Å². The predicted molar refractivity (Wildman–Crippen MR) is 60.6 cm³/mol. The zero-order chi connectivity index (χ0) is 9.97. The lowest BCUT2D eigenvalue weighted by molar-refractivity contribution is 0.333. The Kier molecular flexibility index (Phi) is 3.09. The predicted octanol–water partition coefficient (Wildman–Crippen LogP) is 3.40. The maximum absolute atomic E-state index is 5.96. The minimum absolute atomic E-state index is 0.505. The van der Waals surface area contributed by atoms with Gasteiger partial charge in [0.1, 0.15) is 0 Å². The Labute approximate surface area is 90.5 Å². The molecule has 0 unspecified atom stereocenters. The lowest BCUT2D eigenvalue weighted by atomic mass is 9.92. The van der Waals surface area contributed by atoms with Crippen molar-refractivity contribution in [2.45, 2.75) is 25.8 Å². The van der Waals surface area contributed by atoms with Crippen LogP contribution in [0.15, 0.2) is 24.3 Å². The monoisotopic (exact) mass is 209 g/mol. The number of nitrogens with one attached hydrogen (secondary N) is 1. The van der Waals surface area contributed by atoms with Crippen LogP contribution < -0.4 is 5.32 Å². The quantitative estimate of drug-likeness (QED) is 0.748. The van der Waals surface area contributed by atoms with Crippen molar-refractivity contribution in [1.82, 2.24) is 5.32 Å². The summed E-state index contributed by atoms with van der Waals surface area (Å²) in [6, 6.07) is 8.67. The first-order valence-electron chi connectivity index (χ1n) is 5.24.